The highest BCUT2D eigenvalue weighted by molar-refractivity contribution is 5.39. The molecule has 3 rings (SSSR count). The molecule has 0 radical (unpaired) electrons. The Morgan fingerprint density at radius 1 is 1.00 bits per heavy atom. The zero-order valence-corrected chi connectivity index (χ0v) is 12.7. The first-order valence-electron chi connectivity index (χ1n) is 7.68. The Labute approximate surface area is 126 Å². The van der Waals surface area contributed by atoms with E-state index in [-0.39, 0.29) is 0 Å². The number of rotatable bonds is 5. The summed E-state index contributed by atoms with van der Waals surface area (Å²) in [5, 5.41) is 10.9. The Bertz CT molecular complexity index is 592. The Hall–Kier alpha value is -1.80. The highest BCUT2D eigenvalue weighted by Crippen LogP contribution is 2.32. The molecule has 0 aliphatic heterocycles. The topological polar surface area (TPSA) is 29.5 Å². The molecule has 21 heavy (non-hydrogen) atoms. The van der Waals surface area contributed by atoms with Crippen molar-refractivity contribution in [1.29, 1.82) is 0 Å². The van der Waals surface area contributed by atoms with E-state index in [1.807, 2.05) is 43.3 Å². The smallest absolute Gasteiger partial charge is 0.119 e. The summed E-state index contributed by atoms with van der Waals surface area (Å²) < 4.78 is 5.75. The minimum Gasteiger partial charge on any atom is -0.490 e. The third kappa shape index (κ3) is 3.11. The van der Waals surface area contributed by atoms with Gasteiger partial charge in [0.15, 0.2) is 0 Å². The van der Waals surface area contributed by atoms with Crippen LogP contribution in [0.5, 0.6) is 5.75 Å². The lowest BCUT2D eigenvalue weighted by molar-refractivity contribution is 0.102. The van der Waals surface area contributed by atoms with Gasteiger partial charge < -0.3 is 9.84 Å². The van der Waals surface area contributed by atoms with Crippen LogP contribution in [0.3, 0.4) is 0 Å². The Morgan fingerprint density at radius 3 is 2.00 bits per heavy atom. The zero-order chi connectivity index (χ0) is 14.9. The quantitative estimate of drug-likeness (QED) is 0.896. The molecule has 0 amide bonds. The van der Waals surface area contributed by atoms with Crippen molar-refractivity contribution in [1.82, 2.24) is 0 Å². The van der Waals surface area contributed by atoms with E-state index < -0.39 is 5.60 Å². The van der Waals surface area contributed by atoms with Crippen molar-refractivity contribution in [2.75, 3.05) is 0 Å². The van der Waals surface area contributed by atoms with E-state index in [1.54, 1.807) is 0 Å². The Morgan fingerprint density at radius 2 is 1.52 bits per heavy atom. The van der Waals surface area contributed by atoms with Crippen LogP contribution >= 0.6 is 0 Å². The maximum atomic E-state index is 10.9. The molecule has 1 aliphatic carbocycles. The second kappa shape index (κ2) is 5.53. The second-order valence-corrected chi connectivity index (χ2v) is 5.96. The minimum absolute atomic E-state index is 0.401. The number of benzene rings is 2. The van der Waals surface area contributed by atoms with Crippen LogP contribution in [-0.4, -0.2) is 11.2 Å². The minimum atomic E-state index is -0.982. The summed E-state index contributed by atoms with van der Waals surface area (Å²) in [6.07, 6.45) is 3.72. The van der Waals surface area contributed by atoms with Gasteiger partial charge in [-0.15, -0.1) is 0 Å². The van der Waals surface area contributed by atoms with Crippen LogP contribution in [0, 0.1) is 0 Å². The summed E-state index contributed by atoms with van der Waals surface area (Å²) in [7, 11) is 0. The summed E-state index contributed by atoms with van der Waals surface area (Å²) in [5.41, 5.74) is 2.10. The number of aliphatic hydroxyl groups is 1. The van der Waals surface area contributed by atoms with Crippen LogP contribution in [0.1, 0.15) is 43.4 Å². The maximum Gasteiger partial charge on any atom is 0.119 e. The van der Waals surface area contributed by atoms with Crippen LogP contribution in [-0.2, 0) is 12.0 Å². The van der Waals surface area contributed by atoms with Crippen molar-refractivity contribution < 1.29 is 9.84 Å². The molecule has 0 spiro atoms. The first-order chi connectivity index (χ1) is 10.1. The van der Waals surface area contributed by atoms with Gasteiger partial charge in [0.05, 0.1) is 6.10 Å². The molecule has 2 heteroatoms. The summed E-state index contributed by atoms with van der Waals surface area (Å²) >= 11 is 0. The molecular weight excluding hydrogens is 260 g/mol. The summed E-state index contributed by atoms with van der Waals surface area (Å²) in [6.45, 7) is 3.97. The fraction of sp³-hybridized carbons (Fsp3) is 0.368. The molecule has 0 saturated heterocycles. The van der Waals surface area contributed by atoms with Gasteiger partial charge in [0.2, 0.25) is 0 Å². The van der Waals surface area contributed by atoms with Crippen molar-refractivity contribution >= 4 is 0 Å². The molecule has 1 fully saturated rings. The van der Waals surface area contributed by atoms with Gasteiger partial charge >= 0.3 is 0 Å². The normalized spacial score (nSPS) is 17.3. The predicted octanol–water partition coefficient (Wildman–Crippen LogP) is 4.05. The third-order valence-corrected chi connectivity index (χ3v) is 4.17. The fourth-order valence-electron chi connectivity index (χ4n) is 2.47. The lowest BCUT2D eigenvalue weighted by Gasteiger charge is -2.25. The van der Waals surface area contributed by atoms with Gasteiger partial charge in [-0.1, -0.05) is 43.3 Å². The van der Waals surface area contributed by atoms with Crippen LogP contribution in [0.2, 0.25) is 0 Å². The van der Waals surface area contributed by atoms with Crippen molar-refractivity contribution in [3.63, 3.8) is 0 Å². The lowest BCUT2D eigenvalue weighted by atomic mass is 9.87. The molecule has 2 nitrogen and oxygen atoms in total. The molecule has 0 heterocycles. The van der Waals surface area contributed by atoms with Gasteiger partial charge in [0.25, 0.3) is 0 Å². The van der Waals surface area contributed by atoms with E-state index in [9.17, 15) is 5.11 Å². The van der Waals surface area contributed by atoms with E-state index in [2.05, 4.69) is 19.1 Å². The molecule has 1 aliphatic rings. The van der Waals surface area contributed by atoms with Crippen molar-refractivity contribution in [3.8, 4) is 5.75 Å². The monoisotopic (exact) mass is 282 g/mol. The molecule has 0 bridgehead atoms. The standard InChI is InChI=1S/C19H22O2/c1-3-14-4-6-15(7-5-14)19(2,20)16-8-10-17(11-9-16)21-18-12-13-18/h4-11,18,20H,3,12-13H2,1-2H3. The molecule has 0 aromatic heterocycles. The highest BCUT2D eigenvalue weighted by atomic mass is 16.5. The molecule has 1 unspecified atom stereocenters. The summed E-state index contributed by atoms with van der Waals surface area (Å²) in [6, 6.07) is 16.0. The SMILES string of the molecule is CCc1ccc(C(C)(O)c2ccc(OC3CC3)cc2)cc1. The highest BCUT2D eigenvalue weighted by Gasteiger charge is 2.26. The fourth-order valence-corrected chi connectivity index (χ4v) is 2.47. The average Bonchev–Trinajstić information content (AvgIpc) is 3.32. The van der Waals surface area contributed by atoms with E-state index in [0.29, 0.717) is 6.10 Å². The Balaban J connectivity index is 1.81. The first-order valence-corrected chi connectivity index (χ1v) is 7.68. The van der Waals surface area contributed by atoms with Crippen LogP contribution < -0.4 is 4.74 Å². The van der Waals surface area contributed by atoms with Gasteiger partial charge in [-0.25, -0.2) is 0 Å². The van der Waals surface area contributed by atoms with E-state index >= 15 is 0 Å². The van der Waals surface area contributed by atoms with Crippen LogP contribution in [0.4, 0.5) is 0 Å². The van der Waals surface area contributed by atoms with Crippen molar-refractivity contribution in [3.05, 3.63) is 65.2 Å². The van der Waals surface area contributed by atoms with Gasteiger partial charge in [-0.2, -0.15) is 0 Å². The van der Waals surface area contributed by atoms with Gasteiger partial charge in [0, 0.05) is 0 Å². The number of hydrogen-bond donors (Lipinski definition) is 1. The molecule has 110 valence electrons. The summed E-state index contributed by atoms with van der Waals surface area (Å²) in [4.78, 5) is 0. The van der Waals surface area contributed by atoms with Crippen molar-refractivity contribution in [2.45, 2.75) is 44.8 Å². The zero-order valence-electron chi connectivity index (χ0n) is 12.7. The molecule has 1 saturated carbocycles. The average molecular weight is 282 g/mol. The number of hydrogen-bond acceptors (Lipinski definition) is 2. The van der Waals surface area contributed by atoms with E-state index in [4.69, 9.17) is 4.74 Å². The molecule has 1 atom stereocenters. The van der Waals surface area contributed by atoms with Crippen LogP contribution in [0.25, 0.3) is 0 Å². The first kappa shape index (κ1) is 14.2. The number of aryl methyl sites for hydroxylation is 1. The number of ether oxygens (including phenoxy) is 1. The molecule has 1 N–H and O–H groups in total. The third-order valence-electron chi connectivity index (χ3n) is 4.17. The van der Waals surface area contributed by atoms with Gasteiger partial charge in [-0.3, -0.25) is 0 Å². The van der Waals surface area contributed by atoms with Crippen molar-refractivity contribution in [2.24, 2.45) is 0 Å². The Kier molecular flexibility index (Phi) is 3.73. The van der Waals surface area contributed by atoms with Gasteiger partial charge in [0.1, 0.15) is 11.4 Å². The lowest BCUT2D eigenvalue weighted by Crippen LogP contribution is -2.22. The summed E-state index contributed by atoms with van der Waals surface area (Å²) in [5.74, 6) is 0.887. The second-order valence-electron chi connectivity index (χ2n) is 5.96. The predicted molar refractivity (Wildman–Crippen MR) is 84.6 cm³/mol. The van der Waals surface area contributed by atoms with E-state index in [1.165, 1.54) is 5.56 Å². The molecular formula is C19H22O2. The maximum absolute atomic E-state index is 10.9. The largest absolute Gasteiger partial charge is 0.490 e. The van der Waals surface area contributed by atoms with E-state index in [0.717, 1.165) is 36.1 Å². The molecule has 2 aromatic carbocycles. The van der Waals surface area contributed by atoms with Gasteiger partial charge in [-0.05, 0) is 55.0 Å². The molecule has 2 aromatic rings. The van der Waals surface area contributed by atoms with Crippen LogP contribution in [0.15, 0.2) is 48.5 Å².